The highest BCUT2D eigenvalue weighted by Crippen LogP contribution is 2.32. The van der Waals surface area contributed by atoms with Crippen molar-refractivity contribution in [3.63, 3.8) is 0 Å². The third kappa shape index (κ3) is 5.10. The maximum absolute atomic E-state index is 6.30. The van der Waals surface area contributed by atoms with E-state index in [1.807, 2.05) is 0 Å². The van der Waals surface area contributed by atoms with E-state index in [1.54, 1.807) is 0 Å². The first-order chi connectivity index (χ1) is 8.58. The van der Waals surface area contributed by atoms with Crippen LogP contribution in [0, 0.1) is 5.92 Å². The minimum Gasteiger partial charge on any atom is -0.405 e. The highest BCUT2D eigenvalue weighted by atomic mass is 35.5. The normalized spacial score (nSPS) is 28.7. The molecule has 1 aliphatic carbocycles. The van der Waals surface area contributed by atoms with Gasteiger partial charge in [-0.2, -0.15) is 0 Å². The lowest BCUT2D eigenvalue weighted by molar-refractivity contribution is 0.110. The predicted octanol–water partition coefficient (Wildman–Crippen LogP) is 4.44. The number of halogens is 1. The number of hydrogen-bond acceptors (Lipinski definition) is 2. The van der Waals surface area contributed by atoms with Gasteiger partial charge in [-0.1, -0.05) is 47.0 Å². The summed E-state index contributed by atoms with van der Waals surface area (Å²) in [6.07, 6.45) is 7.68. The number of alkyl halides is 1. The molecule has 106 valence electrons. The second-order valence-electron chi connectivity index (χ2n) is 5.85. The topological polar surface area (TPSA) is 18.5 Å². The van der Waals surface area contributed by atoms with E-state index in [2.05, 4.69) is 27.7 Å². The Kier molecular flexibility index (Phi) is 7.66. The molecule has 2 aliphatic rings. The molecular weight excluding hydrogens is 246 g/mol. The monoisotopic (exact) mass is 274 g/mol. The summed E-state index contributed by atoms with van der Waals surface area (Å²) < 4.78 is 11.7. The molecule has 2 rings (SSSR count). The first-order valence-corrected chi connectivity index (χ1v) is 7.97. The summed E-state index contributed by atoms with van der Waals surface area (Å²) in [7, 11) is -0.165. The van der Waals surface area contributed by atoms with Crippen molar-refractivity contribution in [2.24, 2.45) is 5.92 Å². The fourth-order valence-corrected chi connectivity index (χ4v) is 2.96. The molecule has 2 nitrogen and oxygen atoms in total. The zero-order chi connectivity index (χ0) is 13.5. The first kappa shape index (κ1) is 16.3. The van der Waals surface area contributed by atoms with Gasteiger partial charge in [-0.05, 0) is 25.2 Å². The molecule has 1 heterocycles. The highest BCUT2D eigenvalue weighted by Gasteiger charge is 2.44. The summed E-state index contributed by atoms with van der Waals surface area (Å²) in [5.74, 6) is 0.599. The van der Waals surface area contributed by atoms with E-state index in [0.29, 0.717) is 18.1 Å². The van der Waals surface area contributed by atoms with E-state index in [9.17, 15) is 0 Å². The van der Waals surface area contributed by atoms with Crippen molar-refractivity contribution in [3.05, 3.63) is 0 Å². The quantitative estimate of drug-likeness (QED) is 0.559. The largest absolute Gasteiger partial charge is 0.476 e. The summed E-state index contributed by atoms with van der Waals surface area (Å²) in [5.41, 5.74) is 0. The van der Waals surface area contributed by atoms with E-state index in [1.165, 1.54) is 19.3 Å². The molecule has 3 atom stereocenters. The van der Waals surface area contributed by atoms with Gasteiger partial charge in [-0.15, -0.1) is 11.6 Å². The van der Waals surface area contributed by atoms with Crippen LogP contribution in [0.1, 0.15) is 66.2 Å². The SMILES string of the molecule is CC(C)CC(Cl)B1OC2CCCCC2O1.CCC. The lowest BCUT2D eigenvalue weighted by Crippen LogP contribution is -2.30. The minimum atomic E-state index is -0.165. The molecule has 0 N–H and O–H groups in total. The summed E-state index contributed by atoms with van der Waals surface area (Å²) in [6, 6.07) is 0. The number of fused-ring (bicyclic) bond motifs is 1. The third-order valence-corrected chi connectivity index (χ3v) is 3.64. The molecule has 0 aromatic rings. The Morgan fingerprint density at radius 1 is 1.11 bits per heavy atom. The number of hydrogen-bond donors (Lipinski definition) is 0. The van der Waals surface area contributed by atoms with Crippen molar-refractivity contribution in [1.29, 1.82) is 0 Å². The average molecular weight is 275 g/mol. The van der Waals surface area contributed by atoms with Gasteiger partial charge < -0.3 is 9.31 Å². The Morgan fingerprint density at radius 3 is 1.94 bits per heavy atom. The van der Waals surface area contributed by atoms with Gasteiger partial charge in [-0.25, -0.2) is 0 Å². The van der Waals surface area contributed by atoms with Crippen molar-refractivity contribution in [3.8, 4) is 0 Å². The molecule has 4 heteroatoms. The maximum atomic E-state index is 6.30. The van der Waals surface area contributed by atoms with Crippen LogP contribution in [0.25, 0.3) is 0 Å². The van der Waals surface area contributed by atoms with E-state index in [-0.39, 0.29) is 12.4 Å². The van der Waals surface area contributed by atoms with Crippen molar-refractivity contribution in [2.45, 2.75) is 83.7 Å². The van der Waals surface area contributed by atoms with Gasteiger partial charge in [0.15, 0.2) is 0 Å². The van der Waals surface area contributed by atoms with E-state index >= 15 is 0 Å². The standard InChI is InChI=1S/C11H20BClO2.C3H8/c1-8(2)7-11(13)12-14-9-5-3-4-6-10(9)15-12;1-3-2/h8-11H,3-7H2,1-2H3;3H2,1-2H3. The van der Waals surface area contributed by atoms with Gasteiger partial charge in [0.1, 0.15) is 0 Å². The van der Waals surface area contributed by atoms with Crippen molar-refractivity contribution in [2.75, 3.05) is 0 Å². The molecular formula is C14H28BClO2. The van der Waals surface area contributed by atoms with Gasteiger partial charge >= 0.3 is 7.12 Å². The Balaban J connectivity index is 0.000000492. The van der Waals surface area contributed by atoms with Crippen LogP contribution in [-0.4, -0.2) is 24.6 Å². The Morgan fingerprint density at radius 2 is 1.56 bits per heavy atom. The van der Waals surface area contributed by atoms with Crippen LogP contribution >= 0.6 is 11.6 Å². The molecule has 0 bridgehead atoms. The van der Waals surface area contributed by atoms with Crippen molar-refractivity contribution >= 4 is 18.7 Å². The zero-order valence-electron chi connectivity index (χ0n) is 12.3. The number of rotatable bonds is 3. The molecule has 0 aromatic heterocycles. The maximum Gasteiger partial charge on any atom is 0.476 e. The fraction of sp³-hybridized carbons (Fsp3) is 1.00. The molecule has 0 amide bonds. The summed E-state index contributed by atoms with van der Waals surface area (Å²) in [5, 5.41) is 0.00981. The smallest absolute Gasteiger partial charge is 0.405 e. The van der Waals surface area contributed by atoms with Crippen LogP contribution in [0.15, 0.2) is 0 Å². The van der Waals surface area contributed by atoms with Crippen molar-refractivity contribution in [1.82, 2.24) is 0 Å². The summed E-state index contributed by atoms with van der Waals surface area (Å²) >= 11 is 6.30. The molecule has 1 aliphatic heterocycles. The molecule has 2 fully saturated rings. The predicted molar refractivity (Wildman–Crippen MR) is 79.0 cm³/mol. The van der Waals surface area contributed by atoms with Gasteiger partial charge in [0.2, 0.25) is 0 Å². The summed E-state index contributed by atoms with van der Waals surface area (Å²) in [4.78, 5) is 0. The first-order valence-electron chi connectivity index (χ1n) is 7.53. The lowest BCUT2D eigenvalue weighted by Gasteiger charge is -2.22. The van der Waals surface area contributed by atoms with E-state index in [0.717, 1.165) is 19.3 Å². The molecule has 1 saturated carbocycles. The lowest BCUT2D eigenvalue weighted by atomic mass is 9.80. The zero-order valence-corrected chi connectivity index (χ0v) is 13.1. The van der Waals surface area contributed by atoms with Gasteiger partial charge in [0.25, 0.3) is 0 Å². The van der Waals surface area contributed by atoms with Crippen LogP contribution < -0.4 is 0 Å². The Labute approximate surface area is 118 Å². The Hall–Kier alpha value is 0.275. The minimum absolute atomic E-state index is 0.00981. The van der Waals surface area contributed by atoms with Crippen LogP contribution in [0.5, 0.6) is 0 Å². The van der Waals surface area contributed by atoms with Crippen LogP contribution in [0.2, 0.25) is 0 Å². The van der Waals surface area contributed by atoms with Crippen LogP contribution in [-0.2, 0) is 9.31 Å². The van der Waals surface area contributed by atoms with Crippen LogP contribution in [0.3, 0.4) is 0 Å². The molecule has 0 spiro atoms. The second-order valence-corrected chi connectivity index (χ2v) is 6.42. The molecule has 3 unspecified atom stereocenters. The summed E-state index contributed by atoms with van der Waals surface area (Å²) in [6.45, 7) is 8.61. The molecule has 1 saturated heterocycles. The molecule has 0 aromatic carbocycles. The third-order valence-electron chi connectivity index (χ3n) is 3.25. The van der Waals surface area contributed by atoms with Crippen LogP contribution in [0.4, 0.5) is 0 Å². The molecule has 18 heavy (non-hydrogen) atoms. The fourth-order valence-electron chi connectivity index (χ4n) is 2.48. The van der Waals surface area contributed by atoms with E-state index in [4.69, 9.17) is 20.9 Å². The Bertz CT molecular complexity index is 212. The average Bonchev–Trinajstić information content (AvgIpc) is 2.72. The molecule has 0 radical (unpaired) electrons. The van der Waals surface area contributed by atoms with E-state index < -0.39 is 0 Å². The van der Waals surface area contributed by atoms with Gasteiger partial charge in [0.05, 0.1) is 17.5 Å². The van der Waals surface area contributed by atoms with Gasteiger partial charge in [0, 0.05) is 0 Å². The second kappa shape index (κ2) is 8.45. The van der Waals surface area contributed by atoms with Crippen molar-refractivity contribution < 1.29 is 9.31 Å². The van der Waals surface area contributed by atoms with Gasteiger partial charge in [-0.3, -0.25) is 0 Å². The highest BCUT2D eigenvalue weighted by molar-refractivity contribution is 6.59.